The molecule has 0 unspecified atom stereocenters. The van der Waals surface area contributed by atoms with Crippen molar-refractivity contribution in [2.24, 2.45) is 5.73 Å². The summed E-state index contributed by atoms with van der Waals surface area (Å²) in [5.74, 6) is 0.485. The number of nitrogens with two attached hydrogens (primary N) is 1. The van der Waals surface area contributed by atoms with Crippen LogP contribution in [0.4, 0.5) is 0 Å². The van der Waals surface area contributed by atoms with Gasteiger partial charge in [0.25, 0.3) is 5.91 Å². The largest absolute Gasteiger partial charge is 0.455 e. The fraction of sp³-hybridized carbons (Fsp3) is 0. The van der Waals surface area contributed by atoms with E-state index in [1.807, 2.05) is 0 Å². The van der Waals surface area contributed by atoms with Crippen LogP contribution in [0.5, 0.6) is 11.5 Å². The van der Waals surface area contributed by atoms with Gasteiger partial charge in [0.05, 0.1) is 11.8 Å². The first-order valence-electron chi connectivity index (χ1n) is 4.74. The summed E-state index contributed by atoms with van der Waals surface area (Å²) in [5, 5.41) is 0. The SMILES string of the molecule is NC(=O)c1ccccc1Oc1cccnc1. The van der Waals surface area contributed by atoms with Gasteiger partial charge in [-0.15, -0.1) is 0 Å². The highest BCUT2D eigenvalue weighted by molar-refractivity contribution is 5.95. The Hall–Kier alpha value is -2.36. The Morgan fingerprint density at radius 3 is 2.69 bits per heavy atom. The standard InChI is InChI=1S/C12H10N2O2/c13-12(15)10-5-1-2-6-11(10)16-9-4-3-7-14-8-9/h1-8H,(H2,13,15). The molecule has 1 amide bonds. The summed E-state index contributed by atoms with van der Waals surface area (Å²) >= 11 is 0. The molecule has 0 spiro atoms. The lowest BCUT2D eigenvalue weighted by molar-refractivity contribution is 0.0998. The summed E-state index contributed by atoms with van der Waals surface area (Å²) in [7, 11) is 0. The van der Waals surface area contributed by atoms with Crippen LogP contribution in [-0.4, -0.2) is 10.9 Å². The summed E-state index contributed by atoms with van der Waals surface area (Å²) in [6.07, 6.45) is 3.21. The van der Waals surface area contributed by atoms with E-state index in [9.17, 15) is 4.79 Å². The number of carbonyl (C=O) groups is 1. The van der Waals surface area contributed by atoms with Crippen LogP contribution in [0.3, 0.4) is 0 Å². The van der Waals surface area contributed by atoms with Crippen LogP contribution in [0.25, 0.3) is 0 Å². The lowest BCUT2D eigenvalue weighted by atomic mass is 10.2. The van der Waals surface area contributed by atoms with Crippen molar-refractivity contribution < 1.29 is 9.53 Å². The van der Waals surface area contributed by atoms with E-state index in [0.717, 1.165) is 0 Å². The maximum Gasteiger partial charge on any atom is 0.252 e. The number of hydrogen-bond donors (Lipinski definition) is 1. The van der Waals surface area contributed by atoms with E-state index in [-0.39, 0.29) is 0 Å². The molecule has 0 radical (unpaired) electrons. The molecule has 0 saturated carbocycles. The van der Waals surface area contributed by atoms with Crippen LogP contribution < -0.4 is 10.5 Å². The molecule has 4 heteroatoms. The highest BCUT2D eigenvalue weighted by atomic mass is 16.5. The van der Waals surface area contributed by atoms with Gasteiger partial charge in [0.2, 0.25) is 0 Å². The third-order valence-electron chi connectivity index (χ3n) is 2.01. The number of nitrogens with zero attached hydrogens (tertiary/aromatic N) is 1. The number of benzene rings is 1. The van der Waals surface area contributed by atoms with Crippen molar-refractivity contribution in [2.45, 2.75) is 0 Å². The zero-order valence-corrected chi connectivity index (χ0v) is 8.46. The zero-order valence-electron chi connectivity index (χ0n) is 8.46. The molecule has 1 aromatic carbocycles. The molecule has 0 atom stereocenters. The van der Waals surface area contributed by atoms with Crippen molar-refractivity contribution in [1.29, 1.82) is 0 Å². The normalized spacial score (nSPS) is 9.75. The average molecular weight is 214 g/mol. The molecule has 80 valence electrons. The molecule has 2 N–H and O–H groups in total. The minimum absolute atomic E-state index is 0.353. The number of ether oxygens (including phenoxy) is 1. The van der Waals surface area contributed by atoms with Crippen molar-refractivity contribution in [2.75, 3.05) is 0 Å². The van der Waals surface area contributed by atoms with Crippen LogP contribution in [0, 0.1) is 0 Å². The Morgan fingerprint density at radius 2 is 2.00 bits per heavy atom. The van der Waals surface area contributed by atoms with Gasteiger partial charge in [0.15, 0.2) is 0 Å². The number of pyridine rings is 1. The van der Waals surface area contributed by atoms with Crippen molar-refractivity contribution in [3.63, 3.8) is 0 Å². The Labute approximate surface area is 92.7 Å². The predicted molar refractivity (Wildman–Crippen MR) is 59.3 cm³/mol. The number of rotatable bonds is 3. The third-order valence-corrected chi connectivity index (χ3v) is 2.01. The van der Waals surface area contributed by atoms with Gasteiger partial charge >= 0.3 is 0 Å². The molecule has 0 fully saturated rings. The molecule has 2 rings (SSSR count). The first kappa shape index (κ1) is 10.2. The molecule has 16 heavy (non-hydrogen) atoms. The van der Waals surface area contributed by atoms with Crippen LogP contribution >= 0.6 is 0 Å². The van der Waals surface area contributed by atoms with E-state index in [4.69, 9.17) is 10.5 Å². The van der Waals surface area contributed by atoms with E-state index in [2.05, 4.69) is 4.98 Å². The number of amides is 1. The first-order chi connectivity index (χ1) is 7.77. The molecule has 1 heterocycles. The molecule has 4 nitrogen and oxygen atoms in total. The topological polar surface area (TPSA) is 65.2 Å². The summed E-state index contributed by atoms with van der Waals surface area (Å²) < 4.78 is 5.51. The summed E-state index contributed by atoms with van der Waals surface area (Å²) in [5.41, 5.74) is 5.59. The lowest BCUT2D eigenvalue weighted by Crippen LogP contribution is -2.11. The Morgan fingerprint density at radius 1 is 1.19 bits per heavy atom. The van der Waals surface area contributed by atoms with Crippen molar-refractivity contribution in [3.8, 4) is 11.5 Å². The number of aromatic nitrogens is 1. The van der Waals surface area contributed by atoms with Gasteiger partial charge in [0, 0.05) is 6.20 Å². The van der Waals surface area contributed by atoms with E-state index < -0.39 is 5.91 Å². The van der Waals surface area contributed by atoms with E-state index >= 15 is 0 Å². The van der Waals surface area contributed by atoms with Crippen molar-refractivity contribution in [1.82, 2.24) is 4.98 Å². The van der Waals surface area contributed by atoms with E-state index in [1.165, 1.54) is 0 Å². The first-order valence-corrected chi connectivity index (χ1v) is 4.74. The predicted octanol–water partition coefficient (Wildman–Crippen LogP) is 1.97. The smallest absolute Gasteiger partial charge is 0.252 e. The molecular weight excluding hydrogens is 204 g/mol. The highest BCUT2D eigenvalue weighted by Gasteiger charge is 2.08. The second kappa shape index (κ2) is 4.44. The second-order valence-corrected chi connectivity index (χ2v) is 3.15. The zero-order chi connectivity index (χ0) is 11.4. The monoisotopic (exact) mass is 214 g/mol. The van der Waals surface area contributed by atoms with Crippen molar-refractivity contribution in [3.05, 3.63) is 54.4 Å². The van der Waals surface area contributed by atoms with Gasteiger partial charge in [-0.25, -0.2) is 0 Å². The van der Waals surface area contributed by atoms with Gasteiger partial charge in [0.1, 0.15) is 11.5 Å². The van der Waals surface area contributed by atoms with Crippen LogP contribution in [-0.2, 0) is 0 Å². The third kappa shape index (κ3) is 2.17. The molecule has 0 saturated heterocycles. The fourth-order valence-corrected chi connectivity index (χ4v) is 1.29. The van der Waals surface area contributed by atoms with Gasteiger partial charge in [-0.3, -0.25) is 9.78 Å². The van der Waals surface area contributed by atoms with Gasteiger partial charge in [-0.1, -0.05) is 12.1 Å². The Bertz CT molecular complexity index is 497. The Kier molecular flexibility index (Phi) is 2.82. The minimum Gasteiger partial charge on any atom is -0.455 e. The quantitative estimate of drug-likeness (QED) is 0.849. The van der Waals surface area contributed by atoms with Gasteiger partial charge in [-0.05, 0) is 24.3 Å². The van der Waals surface area contributed by atoms with Crippen molar-refractivity contribution >= 4 is 5.91 Å². The Balaban J connectivity index is 2.31. The molecule has 0 bridgehead atoms. The molecular formula is C12H10N2O2. The van der Waals surface area contributed by atoms with Crippen LogP contribution in [0.2, 0.25) is 0 Å². The van der Waals surface area contributed by atoms with Gasteiger partial charge in [-0.2, -0.15) is 0 Å². The van der Waals surface area contributed by atoms with Crippen LogP contribution in [0.1, 0.15) is 10.4 Å². The number of primary amides is 1. The second-order valence-electron chi connectivity index (χ2n) is 3.15. The molecule has 0 aliphatic heterocycles. The number of carbonyl (C=O) groups excluding carboxylic acids is 1. The molecule has 2 aromatic rings. The van der Waals surface area contributed by atoms with Gasteiger partial charge < -0.3 is 10.5 Å². The maximum absolute atomic E-state index is 11.1. The van der Waals surface area contributed by atoms with Crippen LogP contribution in [0.15, 0.2) is 48.8 Å². The number of para-hydroxylation sites is 1. The lowest BCUT2D eigenvalue weighted by Gasteiger charge is -2.07. The number of hydrogen-bond acceptors (Lipinski definition) is 3. The molecule has 0 aliphatic carbocycles. The van der Waals surface area contributed by atoms with E-state index in [1.54, 1.807) is 48.8 Å². The average Bonchev–Trinajstić information content (AvgIpc) is 2.31. The molecule has 0 aliphatic rings. The highest BCUT2D eigenvalue weighted by Crippen LogP contribution is 2.23. The summed E-state index contributed by atoms with van der Waals surface area (Å²) in [6.45, 7) is 0. The summed E-state index contributed by atoms with van der Waals surface area (Å²) in [6, 6.07) is 10.3. The summed E-state index contributed by atoms with van der Waals surface area (Å²) in [4.78, 5) is 15.1. The van der Waals surface area contributed by atoms with E-state index in [0.29, 0.717) is 17.1 Å². The molecule has 1 aromatic heterocycles. The fourth-order valence-electron chi connectivity index (χ4n) is 1.29. The minimum atomic E-state index is -0.514. The maximum atomic E-state index is 11.1.